The van der Waals surface area contributed by atoms with Gasteiger partial charge < -0.3 is 25.2 Å². The molecule has 1 aromatic rings. The Morgan fingerprint density at radius 2 is 1.88 bits per heavy atom. The monoisotopic (exact) mass is 464 g/mol. The summed E-state index contributed by atoms with van der Waals surface area (Å²) >= 11 is 5.95. The number of carbonyl (C=O) groups is 3. The summed E-state index contributed by atoms with van der Waals surface area (Å²) in [5.41, 5.74) is -1.61. The third-order valence-corrected chi connectivity index (χ3v) is 6.87. The van der Waals surface area contributed by atoms with Crippen molar-refractivity contribution in [3.05, 3.63) is 28.8 Å². The number of carbonyl (C=O) groups excluding carboxylic acids is 3. The van der Waals surface area contributed by atoms with Crippen LogP contribution in [0.25, 0.3) is 0 Å². The number of amides is 2. The van der Waals surface area contributed by atoms with Crippen molar-refractivity contribution >= 4 is 29.4 Å². The zero-order valence-corrected chi connectivity index (χ0v) is 19.3. The molecule has 5 rings (SSSR count). The number of Topliss-reactive ketones (excluding diaryl/α,β-unsaturated/α-hetero) is 1. The topological polar surface area (TPSA) is 114 Å². The summed E-state index contributed by atoms with van der Waals surface area (Å²) in [7, 11) is 0. The highest BCUT2D eigenvalue weighted by Crippen LogP contribution is 2.47. The van der Waals surface area contributed by atoms with Gasteiger partial charge in [-0.25, -0.2) is 4.79 Å². The van der Waals surface area contributed by atoms with Crippen LogP contribution in [0.4, 0.5) is 4.79 Å². The molecule has 1 aliphatic heterocycles. The van der Waals surface area contributed by atoms with Crippen LogP contribution in [0.5, 0.6) is 5.75 Å². The number of fused-ring (bicyclic) bond motifs is 4. The minimum atomic E-state index is -0.934. The number of aliphatic hydroxyl groups is 1. The summed E-state index contributed by atoms with van der Waals surface area (Å²) in [5.74, 6) is -0.226. The van der Waals surface area contributed by atoms with Crippen LogP contribution in [0.1, 0.15) is 69.7 Å². The second-order valence-corrected chi connectivity index (χ2v) is 10.6. The molecule has 0 radical (unpaired) electrons. The van der Waals surface area contributed by atoms with E-state index in [9.17, 15) is 19.5 Å². The number of alkyl carbamates (subject to hydrolysis) is 1. The van der Waals surface area contributed by atoms with Crippen molar-refractivity contribution in [1.29, 1.82) is 0 Å². The van der Waals surface area contributed by atoms with Gasteiger partial charge in [0.05, 0.1) is 23.6 Å². The number of hydrogen-bond donors (Lipinski definition) is 3. The molecule has 1 aromatic carbocycles. The smallest absolute Gasteiger partial charge is 0.408 e. The van der Waals surface area contributed by atoms with Crippen molar-refractivity contribution < 1.29 is 29.0 Å². The highest BCUT2D eigenvalue weighted by atomic mass is 35.5. The van der Waals surface area contributed by atoms with E-state index in [0.29, 0.717) is 48.4 Å². The molecular weight excluding hydrogens is 436 g/mol. The molecule has 1 unspecified atom stereocenters. The molecule has 174 valence electrons. The highest BCUT2D eigenvalue weighted by Gasteiger charge is 2.56. The number of aliphatic hydroxyl groups excluding tert-OH is 1. The molecule has 8 nitrogen and oxygen atoms in total. The van der Waals surface area contributed by atoms with Gasteiger partial charge >= 0.3 is 6.09 Å². The summed E-state index contributed by atoms with van der Waals surface area (Å²) < 4.78 is 11.1. The predicted molar refractivity (Wildman–Crippen MR) is 117 cm³/mol. The fourth-order valence-electron chi connectivity index (χ4n) is 4.95. The second kappa shape index (κ2) is 7.92. The first kappa shape index (κ1) is 22.9. The van der Waals surface area contributed by atoms with Crippen LogP contribution in [0.3, 0.4) is 0 Å². The maximum Gasteiger partial charge on any atom is 0.408 e. The van der Waals surface area contributed by atoms with Crippen molar-refractivity contribution in [3.63, 3.8) is 0 Å². The minimum Gasteiger partial charge on any atom is -0.479 e. The number of ether oxygens (including phenoxy) is 2. The number of rotatable bonds is 3. The van der Waals surface area contributed by atoms with Gasteiger partial charge in [0.1, 0.15) is 11.4 Å². The molecule has 9 heteroatoms. The molecule has 2 atom stereocenters. The van der Waals surface area contributed by atoms with E-state index < -0.39 is 35.0 Å². The van der Waals surface area contributed by atoms with Gasteiger partial charge in [0.25, 0.3) is 5.91 Å². The Balaban J connectivity index is 1.40. The van der Waals surface area contributed by atoms with E-state index in [2.05, 4.69) is 10.6 Å². The van der Waals surface area contributed by atoms with Crippen molar-refractivity contribution in [3.8, 4) is 5.75 Å². The number of halogens is 1. The lowest BCUT2D eigenvalue weighted by atomic mass is 9.60. The van der Waals surface area contributed by atoms with E-state index in [1.54, 1.807) is 39.0 Å². The molecule has 3 aliphatic carbocycles. The Morgan fingerprint density at radius 3 is 2.50 bits per heavy atom. The van der Waals surface area contributed by atoms with E-state index in [1.165, 1.54) is 0 Å². The fourth-order valence-corrected chi connectivity index (χ4v) is 5.13. The second-order valence-electron chi connectivity index (χ2n) is 10.1. The normalized spacial score (nSPS) is 31.3. The predicted octanol–water partition coefficient (Wildman–Crippen LogP) is 3.13. The summed E-state index contributed by atoms with van der Waals surface area (Å²) in [6.07, 6.45) is 0.146. The Labute approximate surface area is 192 Å². The molecule has 3 fully saturated rings. The summed E-state index contributed by atoms with van der Waals surface area (Å²) in [5, 5.41) is 17.2. The number of ketones is 1. The lowest BCUT2D eigenvalue weighted by molar-refractivity contribution is -0.134. The summed E-state index contributed by atoms with van der Waals surface area (Å²) in [6.45, 7) is 5.36. The van der Waals surface area contributed by atoms with Gasteiger partial charge in [-0.2, -0.15) is 0 Å². The van der Waals surface area contributed by atoms with Crippen molar-refractivity contribution in [2.75, 3.05) is 0 Å². The number of benzene rings is 1. The third kappa shape index (κ3) is 4.43. The first-order chi connectivity index (χ1) is 14.9. The van der Waals surface area contributed by atoms with Crippen LogP contribution in [0.15, 0.2) is 18.2 Å². The SMILES string of the molecule is CC(C)(C)OC(=O)NC12CCC(NC(=O)C3CC(=O)c4cc(Cl)ccc4O3)(CC1)C[C@H]2O. The van der Waals surface area contributed by atoms with Crippen LogP contribution in [0, 0.1) is 0 Å². The van der Waals surface area contributed by atoms with E-state index in [0.717, 1.165) is 0 Å². The van der Waals surface area contributed by atoms with Crippen LogP contribution in [0.2, 0.25) is 5.02 Å². The lowest BCUT2D eigenvalue weighted by Gasteiger charge is -2.56. The molecule has 1 heterocycles. The van der Waals surface area contributed by atoms with Crippen LogP contribution in [-0.4, -0.2) is 51.8 Å². The summed E-state index contributed by atoms with van der Waals surface area (Å²) in [4.78, 5) is 37.8. The van der Waals surface area contributed by atoms with Gasteiger partial charge in [0.2, 0.25) is 0 Å². The van der Waals surface area contributed by atoms with Gasteiger partial charge in [-0.3, -0.25) is 9.59 Å². The molecule has 0 aromatic heterocycles. The van der Waals surface area contributed by atoms with Crippen molar-refractivity contribution in [2.24, 2.45) is 0 Å². The molecule has 3 N–H and O–H groups in total. The van der Waals surface area contributed by atoms with Crippen molar-refractivity contribution in [2.45, 2.75) is 88.2 Å². The van der Waals surface area contributed by atoms with E-state index in [1.807, 2.05) is 0 Å². The zero-order valence-electron chi connectivity index (χ0n) is 18.5. The van der Waals surface area contributed by atoms with Gasteiger partial charge in [0, 0.05) is 10.6 Å². The van der Waals surface area contributed by atoms with Crippen LogP contribution in [-0.2, 0) is 9.53 Å². The fraction of sp³-hybridized carbons (Fsp3) is 0.609. The van der Waals surface area contributed by atoms with Gasteiger partial charge in [-0.05, 0) is 71.1 Å². The van der Waals surface area contributed by atoms with E-state index in [-0.39, 0.29) is 18.1 Å². The Kier molecular flexibility index (Phi) is 5.66. The van der Waals surface area contributed by atoms with Crippen molar-refractivity contribution in [1.82, 2.24) is 10.6 Å². The van der Waals surface area contributed by atoms with E-state index >= 15 is 0 Å². The Bertz CT molecular complexity index is 948. The highest BCUT2D eigenvalue weighted by molar-refractivity contribution is 6.31. The Morgan fingerprint density at radius 1 is 1.19 bits per heavy atom. The van der Waals surface area contributed by atoms with Crippen LogP contribution >= 0.6 is 11.6 Å². The lowest BCUT2D eigenvalue weighted by Crippen LogP contribution is -2.71. The molecule has 3 saturated carbocycles. The van der Waals surface area contributed by atoms with Gasteiger partial charge in [-0.15, -0.1) is 0 Å². The molecule has 2 bridgehead atoms. The van der Waals surface area contributed by atoms with E-state index in [4.69, 9.17) is 21.1 Å². The van der Waals surface area contributed by atoms with Crippen LogP contribution < -0.4 is 15.4 Å². The number of nitrogens with one attached hydrogen (secondary N) is 2. The molecule has 2 amide bonds. The van der Waals surface area contributed by atoms with Gasteiger partial charge in [-0.1, -0.05) is 11.6 Å². The summed E-state index contributed by atoms with van der Waals surface area (Å²) in [6, 6.07) is 4.75. The first-order valence-corrected chi connectivity index (χ1v) is 11.3. The maximum atomic E-state index is 13.0. The first-order valence-electron chi connectivity index (χ1n) is 10.9. The quantitative estimate of drug-likeness (QED) is 0.633. The molecular formula is C23H29ClN2O6. The molecule has 32 heavy (non-hydrogen) atoms. The number of hydrogen-bond acceptors (Lipinski definition) is 6. The zero-order chi connectivity index (χ0) is 23.3. The largest absolute Gasteiger partial charge is 0.479 e. The average Bonchev–Trinajstić information content (AvgIpc) is 2.68. The average molecular weight is 465 g/mol. The molecule has 0 spiro atoms. The minimum absolute atomic E-state index is 0.0675. The third-order valence-electron chi connectivity index (χ3n) is 6.63. The Hall–Kier alpha value is -2.32. The molecule has 0 saturated heterocycles. The molecule has 4 aliphatic rings. The standard InChI is InChI=1S/C23H29ClN2O6/c1-21(2,3)32-20(30)26-23-8-6-22(7-9-23,12-18(23)28)25-19(29)17-11-15(27)14-10-13(24)4-5-16(14)31-17/h4-5,10,17-18,28H,6-9,11-12H2,1-3H3,(H,25,29)(H,26,30)/t17?,18-,22?,23?/m1/s1. The maximum absolute atomic E-state index is 13.0. The van der Waals surface area contributed by atoms with Gasteiger partial charge in [0.15, 0.2) is 11.9 Å².